The molecule has 4 aromatic heterocycles. The van der Waals surface area contributed by atoms with E-state index in [4.69, 9.17) is 20.8 Å². The van der Waals surface area contributed by atoms with Gasteiger partial charge in [0.15, 0.2) is 18.3 Å². The number of hydrogen-bond donors (Lipinski definition) is 3. The number of anilines is 1. The number of rotatable bonds is 4. The molecule has 0 atom stereocenters. The maximum absolute atomic E-state index is 13.3. The van der Waals surface area contributed by atoms with Gasteiger partial charge in [0, 0.05) is 11.9 Å². The Kier molecular flexibility index (Phi) is 9.09. The number of nitrogens with zero attached hydrogens (tertiary/aromatic N) is 5. The molecular formula is C26H26F2N6O2. The molecule has 5 aromatic rings. The Morgan fingerprint density at radius 1 is 0.889 bits per heavy atom. The predicted molar refractivity (Wildman–Crippen MR) is 135 cm³/mol. The van der Waals surface area contributed by atoms with E-state index >= 15 is 0 Å². The summed E-state index contributed by atoms with van der Waals surface area (Å²) in [6, 6.07) is 17.7. The highest BCUT2D eigenvalue weighted by Crippen LogP contribution is 2.31. The molecule has 0 aliphatic heterocycles. The standard InChI is InChI=1S/C23H17FN6O.C2H6.CH3FO/c24-15-5-8-18(27-12-15)19-9-10-20-23(28-19)30(16-6-3-14(13-31)4-7-16)22(29-20)17-2-1-11-26-21(17)25;1-2;2-1-3/h1-12,31H,13H2,(H2,25,26);1-2H3;3H,1H2. The first-order valence-electron chi connectivity index (χ1n) is 11.1. The zero-order valence-electron chi connectivity index (χ0n) is 19.8. The third kappa shape index (κ3) is 5.68. The largest absolute Gasteiger partial charge is 0.392 e. The van der Waals surface area contributed by atoms with Crippen molar-refractivity contribution < 1.29 is 19.0 Å². The number of aliphatic hydroxyl groups excluding tert-OH is 2. The van der Waals surface area contributed by atoms with Gasteiger partial charge >= 0.3 is 0 Å². The fraction of sp³-hybridized carbons (Fsp3) is 0.154. The van der Waals surface area contributed by atoms with Crippen molar-refractivity contribution in [2.24, 2.45) is 0 Å². The molecule has 0 bridgehead atoms. The molecule has 36 heavy (non-hydrogen) atoms. The zero-order chi connectivity index (χ0) is 26.1. The van der Waals surface area contributed by atoms with E-state index in [0.717, 1.165) is 17.4 Å². The lowest BCUT2D eigenvalue weighted by Gasteiger charge is -2.11. The molecule has 10 heteroatoms. The molecular weight excluding hydrogens is 466 g/mol. The van der Waals surface area contributed by atoms with Crippen LogP contribution in [-0.2, 0) is 6.61 Å². The summed E-state index contributed by atoms with van der Waals surface area (Å²) >= 11 is 0. The van der Waals surface area contributed by atoms with E-state index in [1.807, 2.05) is 54.8 Å². The van der Waals surface area contributed by atoms with Crippen LogP contribution in [0.5, 0.6) is 0 Å². The van der Waals surface area contributed by atoms with Crippen LogP contribution in [0.3, 0.4) is 0 Å². The zero-order valence-corrected chi connectivity index (χ0v) is 19.8. The van der Waals surface area contributed by atoms with Crippen LogP contribution in [0.25, 0.3) is 39.6 Å². The van der Waals surface area contributed by atoms with Gasteiger partial charge in [-0.3, -0.25) is 9.55 Å². The lowest BCUT2D eigenvalue weighted by Crippen LogP contribution is -2.02. The van der Waals surface area contributed by atoms with Gasteiger partial charge in [-0.15, -0.1) is 0 Å². The highest BCUT2D eigenvalue weighted by Gasteiger charge is 2.18. The molecule has 4 N–H and O–H groups in total. The predicted octanol–water partition coefficient (Wildman–Crippen LogP) is 4.69. The van der Waals surface area contributed by atoms with E-state index in [0.29, 0.717) is 39.8 Å². The Balaban J connectivity index is 0.000000674. The Bertz CT molecular complexity index is 1410. The Morgan fingerprint density at radius 2 is 1.58 bits per heavy atom. The molecule has 186 valence electrons. The topological polar surface area (TPSA) is 123 Å². The van der Waals surface area contributed by atoms with Crippen LogP contribution in [0.4, 0.5) is 14.6 Å². The van der Waals surface area contributed by atoms with Gasteiger partial charge in [0.05, 0.1) is 29.8 Å². The highest BCUT2D eigenvalue weighted by atomic mass is 19.1. The number of halogens is 2. The number of nitrogen functional groups attached to an aromatic ring is 1. The first kappa shape index (κ1) is 26.3. The number of imidazole rings is 1. The number of benzene rings is 1. The molecule has 0 saturated carbocycles. The number of aliphatic hydroxyl groups is 2. The number of alkyl halides is 1. The van der Waals surface area contributed by atoms with Crippen LogP contribution >= 0.6 is 0 Å². The van der Waals surface area contributed by atoms with Crippen LogP contribution in [0.2, 0.25) is 0 Å². The molecule has 1 aromatic carbocycles. The van der Waals surface area contributed by atoms with Crippen molar-refractivity contribution in [3.8, 4) is 28.5 Å². The minimum absolute atomic E-state index is 0.0496. The lowest BCUT2D eigenvalue weighted by molar-refractivity contribution is 0.168. The van der Waals surface area contributed by atoms with E-state index in [2.05, 4.69) is 9.97 Å². The van der Waals surface area contributed by atoms with Crippen molar-refractivity contribution in [2.45, 2.75) is 20.5 Å². The lowest BCUT2D eigenvalue weighted by atomic mass is 10.2. The Morgan fingerprint density at radius 3 is 2.19 bits per heavy atom. The summed E-state index contributed by atoms with van der Waals surface area (Å²) in [5, 5.41) is 16.3. The second kappa shape index (κ2) is 12.4. The van der Waals surface area contributed by atoms with Crippen molar-refractivity contribution in [3.63, 3.8) is 0 Å². The van der Waals surface area contributed by atoms with Gasteiger partial charge < -0.3 is 15.9 Å². The fourth-order valence-electron chi connectivity index (χ4n) is 3.41. The monoisotopic (exact) mass is 492 g/mol. The van der Waals surface area contributed by atoms with Gasteiger partial charge in [0.25, 0.3) is 0 Å². The first-order chi connectivity index (χ1) is 17.5. The number of nitrogens with two attached hydrogens (primary N) is 1. The second-order valence-electron chi connectivity index (χ2n) is 7.05. The summed E-state index contributed by atoms with van der Waals surface area (Å²) in [5.74, 6) is 0.536. The van der Waals surface area contributed by atoms with Crippen LogP contribution < -0.4 is 5.73 Å². The van der Waals surface area contributed by atoms with Gasteiger partial charge in [-0.2, -0.15) is 0 Å². The average molecular weight is 493 g/mol. The van der Waals surface area contributed by atoms with E-state index in [1.165, 1.54) is 6.07 Å². The molecule has 0 aliphatic rings. The summed E-state index contributed by atoms with van der Waals surface area (Å²) in [6.07, 6.45) is 2.78. The molecule has 8 nitrogen and oxygen atoms in total. The summed E-state index contributed by atoms with van der Waals surface area (Å²) in [5.41, 5.74) is 10.8. The number of hydrogen-bond acceptors (Lipinski definition) is 7. The number of fused-ring (bicyclic) bond motifs is 1. The van der Waals surface area contributed by atoms with Gasteiger partial charge in [0.2, 0.25) is 0 Å². The van der Waals surface area contributed by atoms with Gasteiger partial charge in [-0.1, -0.05) is 26.0 Å². The van der Waals surface area contributed by atoms with Crippen molar-refractivity contribution >= 4 is 17.0 Å². The molecule has 0 saturated heterocycles. The molecule has 0 aliphatic carbocycles. The van der Waals surface area contributed by atoms with Crippen molar-refractivity contribution in [1.82, 2.24) is 24.5 Å². The van der Waals surface area contributed by atoms with Crippen LogP contribution in [0.1, 0.15) is 19.4 Å². The summed E-state index contributed by atoms with van der Waals surface area (Å²) in [4.78, 5) is 17.9. The van der Waals surface area contributed by atoms with Crippen LogP contribution in [-0.4, -0.2) is 41.6 Å². The van der Waals surface area contributed by atoms with Gasteiger partial charge in [0.1, 0.15) is 17.2 Å². The Labute approximate surface area is 206 Å². The van der Waals surface area contributed by atoms with E-state index in [9.17, 15) is 13.9 Å². The average Bonchev–Trinajstić information content (AvgIpc) is 3.29. The minimum atomic E-state index is -1.25. The first-order valence-corrected chi connectivity index (χ1v) is 11.1. The van der Waals surface area contributed by atoms with Crippen LogP contribution in [0, 0.1) is 5.82 Å². The SMILES string of the molecule is CC.Nc1ncccc1-c1nc2ccc(-c3ccc(F)cn3)nc2n1-c1ccc(CO)cc1.OCF. The molecule has 0 spiro atoms. The third-order valence-corrected chi connectivity index (χ3v) is 4.95. The summed E-state index contributed by atoms with van der Waals surface area (Å²) in [7, 11) is 0. The quantitative estimate of drug-likeness (QED) is 0.333. The number of aromatic nitrogens is 5. The molecule has 0 radical (unpaired) electrons. The van der Waals surface area contributed by atoms with Gasteiger partial charge in [-0.05, 0) is 54.1 Å². The van der Waals surface area contributed by atoms with Crippen molar-refractivity contribution in [1.29, 1.82) is 0 Å². The maximum atomic E-state index is 13.3. The molecule has 5 rings (SSSR count). The summed E-state index contributed by atoms with van der Waals surface area (Å²) in [6.45, 7) is 2.70. The molecule has 0 fully saturated rings. The molecule has 4 heterocycles. The fourth-order valence-corrected chi connectivity index (χ4v) is 3.41. The molecule has 0 unspecified atom stereocenters. The van der Waals surface area contributed by atoms with Crippen molar-refractivity contribution in [2.75, 3.05) is 12.6 Å². The Hall–Kier alpha value is -4.28. The van der Waals surface area contributed by atoms with Crippen molar-refractivity contribution in [3.05, 3.63) is 84.4 Å². The third-order valence-electron chi connectivity index (χ3n) is 4.95. The number of pyridine rings is 3. The highest BCUT2D eigenvalue weighted by molar-refractivity contribution is 5.84. The maximum Gasteiger partial charge on any atom is 0.185 e. The molecule has 0 amide bonds. The minimum Gasteiger partial charge on any atom is -0.392 e. The smallest absolute Gasteiger partial charge is 0.185 e. The summed E-state index contributed by atoms with van der Waals surface area (Å²) < 4.78 is 25.0. The van der Waals surface area contributed by atoms with Gasteiger partial charge in [-0.25, -0.2) is 23.7 Å². The van der Waals surface area contributed by atoms with E-state index in [-0.39, 0.29) is 6.61 Å². The van der Waals surface area contributed by atoms with Crippen LogP contribution in [0.15, 0.2) is 73.1 Å². The van der Waals surface area contributed by atoms with E-state index in [1.54, 1.807) is 24.4 Å². The normalized spacial score (nSPS) is 10.3. The second-order valence-corrected chi connectivity index (χ2v) is 7.05. The van der Waals surface area contributed by atoms with E-state index < -0.39 is 12.7 Å².